The lowest BCUT2D eigenvalue weighted by Crippen LogP contribution is -2.01. The van der Waals surface area contributed by atoms with Crippen molar-refractivity contribution in [2.45, 2.75) is 0 Å². The molecule has 1 heterocycles. The molecule has 0 aliphatic carbocycles. The van der Waals surface area contributed by atoms with Crippen LogP contribution >= 0.6 is 0 Å². The Hall–Kier alpha value is -5.67. The zero-order chi connectivity index (χ0) is 27.9. The highest BCUT2D eigenvalue weighted by atomic mass is 15.0. The molecule has 7 aromatic carbocycles. The van der Waals surface area contributed by atoms with E-state index in [-0.39, 0.29) is 0 Å². The highest BCUT2D eigenvalue weighted by Gasteiger charge is 2.16. The van der Waals surface area contributed by atoms with Crippen LogP contribution in [0.15, 0.2) is 152 Å². The van der Waals surface area contributed by atoms with Crippen LogP contribution in [0.3, 0.4) is 0 Å². The molecular weight excluding hydrogens is 510 g/mol. The maximum atomic E-state index is 5.08. The summed E-state index contributed by atoms with van der Waals surface area (Å²) in [5.41, 5.74) is 5.30. The molecule has 0 unspecified atom stereocenters. The van der Waals surface area contributed by atoms with Gasteiger partial charge in [-0.1, -0.05) is 152 Å². The molecule has 1 aromatic heterocycles. The van der Waals surface area contributed by atoms with E-state index in [0.29, 0.717) is 17.5 Å². The van der Waals surface area contributed by atoms with E-state index in [9.17, 15) is 0 Å². The molecule has 8 aromatic rings. The first-order valence-electron chi connectivity index (χ1n) is 14.1. The van der Waals surface area contributed by atoms with Gasteiger partial charge in [0.1, 0.15) is 0 Å². The minimum Gasteiger partial charge on any atom is -0.208 e. The molecule has 8 rings (SSSR count). The van der Waals surface area contributed by atoms with Crippen molar-refractivity contribution in [3.63, 3.8) is 0 Å². The van der Waals surface area contributed by atoms with Gasteiger partial charge in [0, 0.05) is 16.7 Å². The average molecular weight is 536 g/mol. The monoisotopic (exact) mass is 535 g/mol. The van der Waals surface area contributed by atoms with Crippen LogP contribution in [0.25, 0.3) is 77.6 Å². The molecule has 0 saturated heterocycles. The minimum absolute atomic E-state index is 0.653. The smallest absolute Gasteiger partial charge is 0.164 e. The quantitative estimate of drug-likeness (QED) is 0.225. The molecule has 0 bridgehead atoms. The molecule has 0 N–H and O–H groups in total. The summed E-state index contributed by atoms with van der Waals surface area (Å²) >= 11 is 0. The summed E-state index contributed by atoms with van der Waals surface area (Å²) < 4.78 is 0. The van der Waals surface area contributed by atoms with E-state index in [0.717, 1.165) is 43.8 Å². The molecule has 42 heavy (non-hydrogen) atoms. The lowest BCUT2D eigenvalue weighted by molar-refractivity contribution is 1.08. The Labute approximate surface area is 243 Å². The van der Waals surface area contributed by atoms with Crippen LogP contribution in [0.2, 0.25) is 0 Å². The fraction of sp³-hybridized carbons (Fsp3) is 0. The maximum absolute atomic E-state index is 5.08. The molecule has 0 atom stereocenters. The fourth-order valence-corrected chi connectivity index (χ4v) is 5.86. The first-order chi connectivity index (χ1) is 20.8. The van der Waals surface area contributed by atoms with Gasteiger partial charge in [0.15, 0.2) is 17.5 Å². The third-order valence-electron chi connectivity index (χ3n) is 7.94. The lowest BCUT2D eigenvalue weighted by Gasteiger charge is -2.12. The average Bonchev–Trinajstić information content (AvgIpc) is 3.07. The molecule has 0 fully saturated rings. The highest BCUT2D eigenvalue weighted by Crippen LogP contribution is 2.34. The van der Waals surface area contributed by atoms with Crippen molar-refractivity contribution < 1.29 is 0 Å². The number of rotatable bonds is 4. The van der Waals surface area contributed by atoms with E-state index in [4.69, 9.17) is 15.0 Å². The van der Waals surface area contributed by atoms with Crippen molar-refractivity contribution in [2.24, 2.45) is 0 Å². The summed E-state index contributed by atoms with van der Waals surface area (Å²) in [4.78, 5) is 15.2. The molecule has 0 aliphatic heterocycles. The second-order valence-corrected chi connectivity index (χ2v) is 10.5. The van der Waals surface area contributed by atoms with Crippen LogP contribution in [0, 0.1) is 0 Å². The third-order valence-corrected chi connectivity index (χ3v) is 7.94. The molecular formula is C39H25N3. The number of fused-ring (bicyclic) bond motifs is 3. The normalized spacial score (nSPS) is 11.3. The third kappa shape index (κ3) is 4.20. The van der Waals surface area contributed by atoms with E-state index in [1.165, 1.54) is 16.3 Å². The van der Waals surface area contributed by atoms with Gasteiger partial charge in [-0.2, -0.15) is 0 Å². The molecule has 196 valence electrons. The Morgan fingerprint density at radius 1 is 0.262 bits per heavy atom. The number of hydrogen-bond donors (Lipinski definition) is 0. The zero-order valence-corrected chi connectivity index (χ0v) is 22.8. The Morgan fingerprint density at radius 3 is 1.12 bits per heavy atom. The summed E-state index contributed by atoms with van der Waals surface area (Å²) in [7, 11) is 0. The van der Waals surface area contributed by atoms with Gasteiger partial charge in [-0.25, -0.2) is 15.0 Å². The number of hydrogen-bond acceptors (Lipinski definition) is 3. The molecule has 0 radical (unpaired) electrons. The van der Waals surface area contributed by atoms with Crippen molar-refractivity contribution in [2.75, 3.05) is 0 Å². The van der Waals surface area contributed by atoms with Crippen LogP contribution in [0.5, 0.6) is 0 Å². The van der Waals surface area contributed by atoms with Crippen molar-refractivity contribution in [3.05, 3.63) is 152 Å². The van der Waals surface area contributed by atoms with E-state index in [1.807, 2.05) is 0 Å². The molecule has 0 saturated carbocycles. The van der Waals surface area contributed by atoms with Crippen molar-refractivity contribution in [1.29, 1.82) is 0 Å². The number of aromatic nitrogens is 3. The largest absolute Gasteiger partial charge is 0.208 e. The van der Waals surface area contributed by atoms with Gasteiger partial charge in [0.25, 0.3) is 0 Å². The summed E-state index contributed by atoms with van der Waals surface area (Å²) in [5.74, 6) is 1.98. The molecule has 3 heteroatoms. The van der Waals surface area contributed by atoms with Gasteiger partial charge in [-0.15, -0.1) is 0 Å². The SMILES string of the molecule is c1ccc2c(-c3ccc(-c4nc(-c5cccc6ccccc56)nc(-c5cccc6ccccc56)n4)cc3)cccc2c1. The topological polar surface area (TPSA) is 38.7 Å². The summed E-state index contributed by atoms with van der Waals surface area (Å²) in [6.45, 7) is 0. The van der Waals surface area contributed by atoms with E-state index >= 15 is 0 Å². The van der Waals surface area contributed by atoms with Gasteiger partial charge in [0.2, 0.25) is 0 Å². The number of nitrogens with zero attached hydrogens (tertiary/aromatic N) is 3. The zero-order valence-electron chi connectivity index (χ0n) is 22.8. The van der Waals surface area contributed by atoms with Crippen molar-refractivity contribution in [1.82, 2.24) is 15.0 Å². The Balaban J connectivity index is 1.31. The fourth-order valence-electron chi connectivity index (χ4n) is 5.86. The predicted molar refractivity (Wildman–Crippen MR) is 174 cm³/mol. The van der Waals surface area contributed by atoms with E-state index < -0.39 is 0 Å². The van der Waals surface area contributed by atoms with Crippen molar-refractivity contribution >= 4 is 32.3 Å². The van der Waals surface area contributed by atoms with Crippen LogP contribution in [0.4, 0.5) is 0 Å². The predicted octanol–water partition coefficient (Wildman–Crippen LogP) is 10.00. The molecule has 0 spiro atoms. The highest BCUT2D eigenvalue weighted by molar-refractivity contribution is 5.98. The van der Waals surface area contributed by atoms with Gasteiger partial charge in [-0.05, 0) is 43.4 Å². The minimum atomic E-state index is 0.653. The lowest BCUT2D eigenvalue weighted by atomic mass is 9.97. The van der Waals surface area contributed by atoms with Crippen molar-refractivity contribution in [3.8, 4) is 45.3 Å². The summed E-state index contributed by atoms with van der Waals surface area (Å²) in [6, 6.07) is 52.8. The second-order valence-electron chi connectivity index (χ2n) is 10.5. The molecule has 0 amide bonds. The van der Waals surface area contributed by atoms with E-state index in [2.05, 4.69) is 152 Å². The summed E-state index contributed by atoms with van der Waals surface area (Å²) in [5, 5.41) is 7.02. The van der Waals surface area contributed by atoms with Crippen LogP contribution < -0.4 is 0 Å². The first kappa shape index (κ1) is 24.2. The van der Waals surface area contributed by atoms with Gasteiger partial charge in [-0.3, -0.25) is 0 Å². The molecule has 3 nitrogen and oxygen atoms in total. The van der Waals surface area contributed by atoms with E-state index in [1.54, 1.807) is 0 Å². The van der Waals surface area contributed by atoms with Gasteiger partial charge >= 0.3 is 0 Å². The number of benzene rings is 7. The Kier molecular flexibility index (Phi) is 5.79. The van der Waals surface area contributed by atoms with Crippen LogP contribution in [0.1, 0.15) is 0 Å². The Bertz CT molecular complexity index is 2140. The second kappa shape index (κ2) is 10.1. The van der Waals surface area contributed by atoms with Gasteiger partial charge < -0.3 is 0 Å². The first-order valence-corrected chi connectivity index (χ1v) is 14.1. The Morgan fingerprint density at radius 2 is 0.619 bits per heavy atom. The van der Waals surface area contributed by atoms with Crippen LogP contribution in [-0.4, -0.2) is 15.0 Å². The van der Waals surface area contributed by atoms with Gasteiger partial charge in [0.05, 0.1) is 0 Å². The standard InChI is InChI=1S/C39H25N3/c1-4-16-31-26(10-1)13-7-19-32(31)29-22-24-30(25-23-29)37-40-38(35-20-8-14-27-11-2-5-17-33(27)35)42-39(41-37)36-21-9-15-28-12-3-6-18-34(28)36/h1-25H. The summed E-state index contributed by atoms with van der Waals surface area (Å²) in [6.07, 6.45) is 0. The van der Waals surface area contributed by atoms with Crippen LogP contribution in [-0.2, 0) is 0 Å². The maximum Gasteiger partial charge on any atom is 0.164 e. The molecule has 0 aliphatic rings.